The number of ketones is 1. The highest BCUT2D eigenvalue weighted by Crippen LogP contribution is 2.05. The van der Waals surface area contributed by atoms with E-state index in [4.69, 9.17) is 4.74 Å². The summed E-state index contributed by atoms with van der Waals surface area (Å²) in [6.07, 6.45) is 6.24. The number of carbonyl (C=O) groups is 2. The van der Waals surface area contributed by atoms with E-state index in [2.05, 4.69) is 6.92 Å². The molecular weight excluding hydrogens is 192 g/mol. The van der Waals surface area contributed by atoms with Crippen molar-refractivity contribution in [3.8, 4) is 0 Å². The van der Waals surface area contributed by atoms with Gasteiger partial charge in [-0.05, 0) is 25.7 Å². The minimum absolute atomic E-state index is 0.228. The highest BCUT2D eigenvalue weighted by atomic mass is 16.5. The Kier molecular flexibility index (Phi) is 9.13. The van der Waals surface area contributed by atoms with Crippen LogP contribution in [0.25, 0.3) is 0 Å². The third-order valence-electron chi connectivity index (χ3n) is 2.21. The van der Waals surface area contributed by atoms with E-state index in [1.165, 1.54) is 6.92 Å². The third-order valence-corrected chi connectivity index (χ3v) is 2.21. The van der Waals surface area contributed by atoms with Crippen LogP contribution < -0.4 is 0 Å². The van der Waals surface area contributed by atoms with Gasteiger partial charge in [0, 0.05) is 19.8 Å². The maximum atomic E-state index is 11.3. The third kappa shape index (κ3) is 11.1. The van der Waals surface area contributed by atoms with Gasteiger partial charge in [0.15, 0.2) is 0 Å². The Hall–Kier alpha value is -0.860. The Labute approximate surface area is 92.2 Å². The average molecular weight is 214 g/mol. The van der Waals surface area contributed by atoms with E-state index in [9.17, 15) is 9.59 Å². The molecule has 0 aliphatic rings. The van der Waals surface area contributed by atoms with Crippen molar-refractivity contribution in [3.63, 3.8) is 0 Å². The number of hydrogen-bond donors (Lipinski definition) is 0. The van der Waals surface area contributed by atoms with Crippen molar-refractivity contribution < 1.29 is 14.3 Å². The summed E-state index contributed by atoms with van der Waals surface area (Å²) in [5, 5.41) is 0. The number of carbonyl (C=O) groups excluding carboxylic acids is 2. The first-order chi connectivity index (χ1) is 7.16. The van der Waals surface area contributed by atoms with Gasteiger partial charge >= 0.3 is 5.97 Å². The molecule has 0 bridgehead atoms. The van der Waals surface area contributed by atoms with Gasteiger partial charge < -0.3 is 4.74 Å². The molecule has 0 spiro atoms. The molecular formula is C12H22O3. The van der Waals surface area contributed by atoms with E-state index in [0.717, 1.165) is 38.5 Å². The molecule has 0 saturated heterocycles. The molecule has 0 aliphatic carbocycles. The van der Waals surface area contributed by atoms with Gasteiger partial charge in [-0.3, -0.25) is 9.59 Å². The predicted octanol–water partition coefficient (Wildman–Crippen LogP) is 2.87. The van der Waals surface area contributed by atoms with Crippen molar-refractivity contribution in [1.82, 2.24) is 0 Å². The van der Waals surface area contributed by atoms with Crippen molar-refractivity contribution in [1.29, 1.82) is 0 Å². The molecule has 0 rings (SSSR count). The first-order valence-electron chi connectivity index (χ1n) is 5.82. The normalized spacial score (nSPS) is 10.0. The quantitative estimate of drug-likeness (QED) is 0.438. The molecule has 3 nitrogen and oxygen atoms in total. The van der Waals surface area contributed by atoms with E-state index in [1.54, 1.807) is 0 Å². The fraction of sp³-hybridized carbons (Fsp3) is 0.833. The molecule has 0 aromatic rings. The van der Waals surface area contributed by atoms with E-state index < -0.39 is 0 Å². The smallest absolute Gasteiger partial charge is 0.302 e. The van der Waals surface area contributed by atoms with Gasteiger partial charge in [-0.2, -0.15) is 0 Å². The molecule has 0 amide bonds. The van der Waals surface area contributed by atoms with Crippen LogP contribution in [-0.4, -0.2) is 18.4 Å². The topological polar surface area (TPSA) is 43.4 Å². The van der Waals surface area contributed by atoms with Crippen LogP contribution in [0.2, 0.25) is 0 Å². The predicted molar refractivity (Wildman–Crippen MR) is 59.6 cm³/mol. The second-order valence-electron chi connectivity index (χ2n) is 3.79. The van der Waals surface area contributed by atoms with Crippen LogP contribution in [0.4, 0.5) is 0 Å². The molecule has 0 fully saturated rings. The van der Waals surface area contributed by atoms with Gasteiger partial charge in [0.25, 0.3) is 0 Å². The molecule has 0 radical (unpaired) electrons. The highest BCUT2D eigenvalue weighted by molar-refractivity contribution is 5.78. The Bertz CT molecular complexity index is 187. The molecule has 15 heavy (non-hydrogen) atoms. The zero-order valence-electron chi connectivity index (χ0n) is 9.88. The lowest BCUT2D eigenvalue weighted by Crippen LogP contribution is -2.01. The van der Waals surface area contributed by atoms with Gasteiger partial charge in [0.2, 0.25) is 0 Å². The molecule has 0 unspecified atom stereocenters. The zero-order valence-corrected chi connectivity index (χ0v) is 9.88. The molecule has 0 aromatic heterocycles. The van der Waals surface area contributed by atoms with Crippen LogP contribution in [0.1, 0.15) is 58.8 Å². The van der Waals surface area contributed by atoms with Crippen molar-refractivity contribution in [2.75, 3.05) is 6.61 Å². The molecule has 0 aromatic carbocycles. The number of ether oxygens (including phenoxy) is 1. The molecule has 0 aliphatic heterocycles. The summed E-state index contributed by atoms with van der Waals surface area (Å²) in [5.41, 5.74) is 0. The van der Waals surface area contributed by atoms with Crippen LogP contribution in [0.15, 0.2) is 0 Å². The average Bonchev–Trinajstić information content (AvgIpc) is 2.19. The molecule has 0 saturated carbocycles. The Balaban J connectivity index is 3.16. The molecule has 3 heteroatoms. The Morgan fingerprint density at radius 1 is 1.00 bits per heavy atom. The molecule has 88 valence electrons. The number of rotatable bonds is 9. The van der Waals surface area contributed by atoms with E-state index in [-0.39, 0.29) is 5.97 Å². The summed E-state index contributed by atoms with van der Waals surface area (Å²) in [7, 11) is 0. The molecule has 0 N–H and O–H groups in total. The monoisotopic (exact) mass is 214 g/mol. The first-order valence-corrected chi connectivity index (χ1v) is 5.82. The van der Waals surface area contributed by atoms with Crippen LogP contribution in [0.3, 0.4) is 0 Å². The second-order valence-corrected chi connectivity index (χ2v) is 3.79. The van der Waals surface area contributed by atoms with Gasteiger partial charge in [-0.1, -0.05) is 13.3 Å². The Morgan fingerprint density at radius 2 is 1.67 bits per heavy atom. The standard InChI is InChI=1S/C12H22O3/c1-3-4-8-12(14)9-6-5-7-10-15-11(2)13/h3-10H2,1-2H3. The minimum Gasteiger partial charge on any atom is -0.466 e. The summed E-state index contributed by atoms with van der Waals surface area (Å²) in [5.74, 6) is 0.137. The molecule has 0 heterocycles. The van der Waals surface area contributed by atoms with Crippen molar-refractivity contribution in [2.24, 2.45) is 0 Å². The van der Waals surface area contributed by atoms with Crippen LogP contribution in [0.5, 0.6) is 0 Å². The number of Topliss-reactive ketones (excluding diaryl/α,β-unsaturated/α-hetero) is 1. The van der Waals surface area contributed by atoms with E-state index in [0.29, 0.717) is 18.8 Å². The lowest BCUT2D eigenvalue weighted by molar-refractivity contribution is -0.141. The highest BCUT2D eigenvalue weighted by Gasteiger charge is 2.00. The van der Waals surface area contributed by atoms with Gasteiger partial charge in [0.1, 0.15) is 5.78 Å². The Morgan fingerprint density at radius 3 is 2.27 bits per heavy atom. The zero-order chi connectivity index (χ0) is 11.5. The van der Waals surface area contributed by atoms with Crippen LogP contribution in [-0.2, 0) is 14.3 Å². The maximum absolute atomic E-state index is 11.3. The summed E-state index contributed by atoms with van der Waals surface area (Å²) in [4.78, 5) is 21.7. The summed E-state index contributed by atoms with van der Waals surface area (Å²) in [6.45, 7) is 3.99. The lowest BCUT2D eigenvalue weighted by atomic mass is 10.1. The first kappa shape index (κ1) is 14.1. The SMILES string of the molecule is CCCCC(=O)CCCCCOC(C)=O. The number of unbranched alkanes of at least 4 members (excludes halogenated alkanes) is 3. The van der Waals surface area contributed by atoms with Crippen molar-refractivity contribution in [2.45, 2.75) is 58.8 Å². The fourth-order valence-electron chi connectivity index (χ4n) is 1.32. The van der Waals surface area contributed by atoms with Crippen molar-refractivity contribution >= 4 is 11.8 Å². The van der Waals surface area contributed by atoms with Crippen LogP contribution in [0, 0.1) is 0 Å². The largest absolute Gasteiger partial charge is 0.466 e. The minimum atomic E-state index is -0.228. The van der Waals surface area contributed by atoms with Gasteiger partial charge in [-0.25, -0.2) is 0 Å². The van der Waals surface area contributed by atoms with Gasteiger partial charge in [-0.15, -0.1) is 0 Å². The van der Waals surface area contributed by atoms with Crippen LogP contribution >= 0.6 is 0 Å². The fourth-order valence-corrected chi connectivity index (χ4v) is 1.32. The lowest BCUT2D eigenvalue weighted by Gasteiger charge is -2.02. The van der Waals surface area contributed by atoms with Crippen molar-refractivity contribution in [3.05, 3.63) is 0 Å². The number of esters is 1. The second kappa shape index (κ2) is 9.69. The summed E-state index contributed by atoms with van der Waals surface area (Å²) < 4.78 is 4.79. The summed E-state index contributed by atoms with van der Waals surface area (Å²) in [6, 6.07) is 0. The maximum Gasteiger partial charge on any atom is 0.302 e. The molecule has 0 atom stereocenters. The summed E-state index contributed by atoms with van der Waals surface area (Å²) >= 11 is 0. The van der Waals surface area contributed by atoms with Gasteiger partial charge in [0.05, 0.1) is 6.61 Å². The van der Waals surface area contributed by atoms with E-state index >= 15 is 0 Å². The van der Waals surface area contributed by atoms with E-state index in [1.807, 2.05) is 0 Å². The number of hydrogen-bond acceptors (Lipinski definition) is 3.